The van der Waals surface area contributed by atoms with E-state index in [-0.39, 0.29) is 11.6 Å². The Morgan fingerprint density at radius 3 is 2.95 bits per heavy atom. The number of nitrogen functional groups attached to an aromatic ring is 1. The van der Waals surface area contributed by atoms with Crippen molar-refractivity contribution < 1.29 is 4.39 Å². The summed E-state index contributed by atoms with van der Waals surface area (Å²) in [6.45, 7) is 0.277. The third-order valence-corrected chi connectivity index (χ3v) is 3.09. The highest BCUT2D eigenvalue weighted by Gasteiger charge is 2.11. The Labute approximate surface area is 112 Å². The summed E-state index contributed by atoms with van der Waals surface area (Å²) in [4.78, 5) is 12.1. The van der Waals surface area contributed by atoms with Crippen molar-refractivity contribution >= 4 is 28.6 Å². The number of hydrogen-bond acceptors (Lipinski definition) is 4. The molecule has 0 spiro atoms. The molecule has 0 aliphatic rings. The Balaban J connectivity index is 2.07. The molecule has 0 amide bonds. The standard InChI is InChI=1S/C12H9ClFN5/c13-8-3-1-2-7(9(8)14)4-19-6-18-10-11(15)16-5-17-12(10)19/h1-3,5-6H,4H2,(H2,15,16,17). The van der Waals surface area contributed by atoms with Crippen LogP contribution in [0, 0.1) is 5.82 Å². The first-order valence-electron chi connectivity index (χ1n) is 5.51. The van der Waals surface area contributed by atoms with Crippen LogP contribution in [0.5, 0.6) is 0 Å². The first kappa shape index (κ1) is 11.9. The molecule has 0 saturated heterocycles. The highest BCUT2D eigenvalue weighted by Crippen LogP contribution is 2.21. The van der Waals surface area contributed by atoms with Crippen molar-refractivity contribution in [3.05, 3.63) is 47.3 Å². The van der Waals surface area contributed by atoms with E-state index in [1.165, 1.54) is 12.4 Å². The summed E-state index contributed by atoms with van der Waals surface area (Å²) in [6, 6.07) is 4.87. The van der Waals surface area contributed by atoms with Crippen LogP contribution >= 0.6 is 11.6 Å². The predicted molar refractivity (Wildman–Crippen MR) is 70.2 cm³/mol. The normalized spacial score (nSPS) is 11.1. The second-order valence-corrected chi connectivity index (χ2v) is 4.42. The van der Waals surface area contributed by atoms with Crippen LogP contribution in [0.15, 0.2) is 30.9 Å². The number of fused-ring (bicyclic) bond motifs is 1. The van der Waals surface area contributed by atoms with Crippen LogP contribution in [-0.2, 0) is 6.54 Å². The summed E-state index contributed by atoms with van der Waals surface area (Å²) in [5, 5.41) is 0.0936. The van der Waals surface area contributed by atoms with Crippen LogP contribution in [-0.4, -0.2) is 19.5 Å². The molecular formula is C12H9ClFN5. The topological polar surface area (TPSA) is 69.6 Å². The average molecular weight is 278 g/mol. The van der Waals surface area contributed by atoms with Crippen LogP contribution in [0.3, 0.4) is 0 Å². The molecule has 0 aliphatic carbocycles. The maximum atomic E-state index is 13.8. The third-order valence-electron chi connectivity index (χ3n) is 2.80. The molecule has 2 aromatic heterocycles. The highest BCUT2D eigenvalue weighted by molar-refractivity contribution is 6.30. The zero-order valence-electron chi connectivity index (χ0n) is 9.72. The molecule has 19 heavy (non-hydrogen) atoms. The van der Waals surface area contributed by atoms with Gasteiger partial charge in [-0.3, -0.25) is 0 Å². The van der Waals surface area contributed by atoms with E-state index in [0.717, 1.165) is 0 Å². The van der Waals surface area contributed by atoms with Gasteiger partial charge < -0.3 is 10.3 Å². The zero-order chi connectivity index (χ0) is 13.4. The molecule has 0 fully saturated rings. The van der Waals surface area contributed by atoms with Gasteiger partial charge in [0.1, 0.15) is 17.7 Å². The molecule has 3 aromatic rings. The summed E-state index contributed by atoms with van der Waals surface area (Å²) in [5.41, 5.74) is 7.22. The smallest absolute Gasteiger partial charge is 0.165 e. The van der Waals surface area contributed by atoms with Crippen molar-refractivity contribution in [2.75, 3.05) is 5.73 Å². The van der Waals surface area contributed by atoms with Crippen molar-refractivity contribution in [1.82, 2.24) is 19.5 Å². The lowest BCUT2D eigenvalue weighted by Gasteiger charge is -2.06. The van der Waals surface area contributed by atoms with E-state index in [0.29, 0.717) is 22.5 Å². The zero-order valence-corrected chi connectivity index (χ0v) is 10.5. The van der Waals surface area contributed by atoms with Crippen LogP contribution < -0.4 is 5.73 Å². The number of imidazole rings is 1. The van der Waals surface area contributed by atoms with Crippen molar-refractivity contribution in [3.63, 3.8) is 0 Å². The average Bonchev–Trinajstić information content (AvgIpc) is 2.80. The lowest BCUT2D eigenvalue weighted by molar-refractivity contribution is 0.601. The second-order valence-electron chi connectivity index (χ2n) is 4.02. The monoisotopic (exact) mass is 277 g/mol. The van der Waals surface area contributed by atoms with E-state index in [2.05, 4.69) is 15.0 Å². The number of rotatable bonds is 2. The molecule has 2 N–H and O–H groups in total. The van der Waals surface area contributed by atoms with E-state index in [4.69, 9.17) is 17.3 Å². The molecule has 1 aromatic carbocycles. The van der Waals surface area contributed by atoms with E-state index >= 15 is 0 Å². The first-order chi connectivity index (χ1) is 9.16. The molecule has 0 unspecified atom stereocenters. The lowest BCUT2D eigenvalue weighted by Crippen LogP contribution is -2.02. The van der Waals surface area contributed by atoms with Crippen molar-refractivity contribution in [1.29, 1.82) is 0 Å². The fourth-order valence-corrected chi connectivity index (χ4v) is 2.06. The van der Waals surface area contributed by atoms with Crippen molar-refractivity contribution in [2.24, 2.45) is 0 Å². The maximum Gasteiger partial charge on any atom is 0.165 e. The summed E-state index contributed by atoms with van der Waals surface area (Å²) in [5.74, 6) is -0.136. The van der Waals surface area contributed by atoms with Gasteiger partial charge in [-0.1, -0.05) is 23.7 Å². The SMILES string of the molecule is Nc1ncnc2c1ncn2Cc1cccc(Cl)c1F. The molecule has 3 rings (SSSR count). The number of aromatic nitrogens is 4. The summed E-state index contributed by atoms with van der Waals surface area (Å²) < 4.78 is 15.5. The number of nitrogens with two attached hydrogens (primary N) is 1. The number of anilines is 1. The van der Waals surface area contributed by atoms with Gasteiger partial charge in [-0.2, -0.15) is 0 Å². The predicted octanol–water partition coefficient (Wildman–Crippen LogP) is 2.25. The second kappa shape index (κ2) is 4.47. The molecule has 0 atom stereocenters. The molecule has 0 radical (unpaired) electrons. The number of nitrogens with zero attached hydrogens (tertiary/aromatic N) is 4. The summed E-state index contributed by atoms with van der Waals surface area (Å²) in [6.07, 6.45) is 2.90. The molecule has 0 saturated carbocycles. The summed E-state index contributed by atoms with van der Waals surface area (Å²) >= 11 is 5.75. The molecule has 5 nitrogen and oxygen atoms in total. The maximum absolute atomic E-state index is 13.8. The van der Waals surface area contributed by atoms with Gasteiger partial charge in [0.15, 0.2) is 11.5 Å². The fraction of sp³-hybridized carbons (Fsp3) is 0.0833. The minimum atomic E-state index is -0.437. The number of benzene rings is 1. The van der Waals surface area contributed by atoms with E-state index in [1.54, 1.807) is 23.0 Å². The Morgan fingerprint density at radius 1 is 1.26 bits per heavy atom. The van der Waals surface area contributed by atoms with E-state index in [1.807, 2.05) is 0 Å². The third kappa shape index (κ3) is 2.00. The van der Waals surface area contributed by atoms with Gasteiger partial charge in [0.05, 0.1) is 17.9 Å². The van der Waals surface area contributed by atoms with Gasteiger partial charge in [-0.15, -0.1) is 0 Å². The van der Waals surface area contributed by atoms with Crippen molar-refractivity contribution in [3.8, 4) is 0 Å². The Morgan fingerprint density at radius 2 is 2.11 bits per heavy atom. The van der Waals surface area contributed by atoms with Gasteiger partial charge in [-0.25, -0.2) is 19.3 Å². The van der Waals surface area contributed by atoms with Gasteiger partial charge in [0, 0.05) is 5.56 Å². The number of hydrogen-bond donors (Lipinski definition) is 1. The fourth-order valence-electron chi connectivity index (χ4n) is 1.87. The first-order valence-corrected chi connectivity index (χ1v) is 5.89. The lowest BCUT2D eigenvalue weighted by atomic mass is 10.2. The van der Waals surface area contributed by atoms with Gasteiger partial charge in [0.25, 0.3) is 0 Å². The van der Waals surface area contributed by atoms with Gasteiger partial charge in [0.2, 0.25) is 0 Å². The summed E-state index contributed by atoms with van der Waals surface area (Å²) in [7, 11) is 0. The molecule has 96 valence electrons. The van der Waals surface area contributed by atoms with Crippen LogP contribution in [0.25, 0.3) is 11.2 Å². The molecule has 0 bridgehead atoms. The molecule has 0 aliphatic heterocycles. The molecular weight excluding hydrogens is 269 g/mol. The minimum absolute atomic E-state index is 0.0936. The van der Waals surface area contributed by atoms with Gasteiger partial charge in [-0.05, 0) is 6.07 Å². The van der Waals surface area contributed by atoms with E-state index < -0.39 is 5.82 Å². The largest absolute Gasteiger partial charge is 0.382 e. The minimum Gasteiger partial charge on any atom is -0.382 e. The Kier molecular flexibility index (Phi) is 2.79. The van der Waals surface area contributed by atoms with Crippen LogP contribution in [0.4, 0.5) is 10.2 Å². The number of halogens is 2. The van der Waals surface area contributed by atoms with E-state index in [9.17, 15) is 4.39 Å². The molecule has 7 heteroatoms. The van der Waals surface area contributed by atoms with Crippen LogP contribution in [0.1, 0.15) is 5.56 Å². The van der Waals surface area contributed by atoms with Gasteiger partial charge >= 0.3 is 0 Å². The quantitative estimate of drug-likeness (QED) is 0.780. The highest BCUT2D eigenvalue weighted by atomic mass is 35.5. The molecule has 2 heterocycles. The Hall–Kier alpha value is -2.21. The Bertz CT molecular complexity index is 755. The van der Waals surface area contributed by atoms with Crippen molar-refractivity contribution in [2.45, 2.75) is 6.54 Å². The van der Waals surface area contributed by atoms with Crippen LogP contribution in [0.2, 0.25) is 5.02 Å².